The molecule has 1 unspecified atom stereocenters. The third-order valence-corrected chi connectivity index (χ3v) is 3.28. The van der Waals surface area contributed by atoms with Gasteiger partial charge in [0.15, 0.2) is 0 Å². The molecule has 8 heteroatoms. The lowest BCUT2D eigenvalue weighted by Gasteiger charge is -2.41. The number of H-pyrrole nitrogens is 2. The average Bonchev–Trinajstić information content (AvgIpc) is 2.25. The number of carbonyl (C=O) groups is 2. The first-order chi connectivity index (χ1) is 8.88. The molecule has 1 aromatic rings. The van der Waals surface area contributed by atoms with Crippen LogP contribution in [0.15, 0.2) is 15.7 Å². The van der Waals surface area contributed by atoms with Crippen molar-refractivity contribution in [2.24, 2.45) is 11.8 Å². The van der Waals surface area contributed by atoms with Gasteiger partial charge in [-0.15, -0.1) is 0 Å². The molecule has 3 N–H and O–H groups in total. The predicted octanol–water partition coefficient (Wildman–Crippen LogP) is -1.14. The van der Waals surface area contributed by atoms with Gasteiger partial charge >= 0.3 is 11.7 Å². The molecular formula is C11H13N3O5. The van der Waals surface area contributed by atoms with E-state index in [0.29, 0.717) is 13.1 Å². The van der Waals surface area contributed by atoms with Crippen LogP contribution < -0.4 is 11.2 Å². The lowest BCUT2D eigenvalue weighted by Crippen LogP contribution is -2.54. The van der Waals surface area contributed by atoms with Crippen molar-refractivity contribution in [1.29, 1.82) is 0 Å². The number of rotatable bonds is 3. The number of carboxylic acids is 1. The fourth-order valence-corrected chi connectivity index (χ4v) is 1.95. The summed E-state index contributed by atoms with van der Waals surface area (Å²) in [5.41, 5.74) is -1.48. The van der Waals surface area contributed by atoms with Crippen molar-refractivity contribution in [2.45, 2.75) is 6.92 Å². The van der Waals surface area contributed by atoms with Gasteiger partial charge < -0.3 is 15.0 Å². The Morgan fingerprint density at radius 3 is 2.53 bits per heavy atom. The van der Waals surface area contributed by atoms with E-state index >= 15 is 0 Å². The summed E-state index contributed by atoms with van der Waals surface area (Å²) in [5.74, 6) is -2.00. The quantitative estimate of drug-likeness (QED) is 0.638. The zero-order chi connectivity index (χ0) is 14.2. The summed E-state index contributed by atoms with van der Waals surface area (Å²) >= 11 is 0. The molecule has 0 aliphatic carbocycles. The third kappa shape index (κ3) is 2.56. The Morgan fingerprint density at radius 1 is 1.37 bits per heavy atom. The summed E-state index contributed by atoms with van der Waals surface area (Å²) in [6.45, 7) is 2.20. The number of likely N-dealkylation sites (tertiary alicyclic amines) is 1. The lowest BCUT2D eigenvalue weighted by molar-refractivity contribution is -0.144. The highest BCUT2D eigenvalue weighted by Crippen LogP contribution is 2.24. The number of aliphatic carboxylic acids is 1. The Bertz CT molecular complexity index is 597. The van der Waals surface area contributed by atoms with Gasteiger partial charge in [0.2, 0.25) is 0 Å². The molecule has 8 nitrogen and oxygen atoms in total. The first-order valence-corrected chi connectivity index (χ1v) is 5.74. The molecule has 0 spiro atoms. The number of carboxylic acid groups (broad SMARTS) is 1. The van der Waals surface area contributed by atoms with E-state index in [1.807, 2.05) is 4.98 Å². The summed E-state index contributed by atoms with van der Waals surface area (Å²) in [4.78, 5) is 50.4. The number of carbonyl (C=O) groups excluding carboxylic acids is 1. The third-order valence-electron chi connectivity index (χ3n) is 3.28. The zero-order valence-corrected chi connectivity index (χ0v) is 10.2. The molecule has 0 saturated carbocycles. The van der Waals surface area contributed by atoms with Crippen molar-refractivity contribution in [1.82, 2.24) is 14.9 Å². The molecule has 102 valence electrons. The van der Waals surface area contributed by atoms with Gasteiger partial charge in [-0.05, 0) is 0 Å². The minimum atomic E-state index is -0.901. The molecule has 1 saturated heterocycles. The van der Waals surface area contributed by atoms with Gasteiger partial charge in [-0.1, -0.05) is 6.92 Å². The number of nitrogens with zero attached hydrogens (tertiary/aromatic N) is 1. The van der Waals surface area contributed by atoms with Crippen molar-refractivity contribution < 1.29 is 14.7 Å². The van der Waals surface area contributed by atoms with Crippen LogP contribution in [0.3, 0.4) is 0 Å². The standard InChI is InChI=1S/C11H13N3O5/c1-5(10(17)18)6-3-14(4-6)9(16)7-2-8(15)13-11(19)12-7/h2,5-6H,3-4H2,1H3,(H,17,18)(H2,12,13,15,19). The molecule has 1 aromatic heterocycles. The van der Waals surface area contributed by atoms with Crippen LogP contribution in [0.25, 0.3) is 0 Å². The number of hydrogen-bond donors (Lipinski definition) is 3. The van der Waals surface area contributed by atoms with Crippen molar-refractivity contribution in [3.63, 3.8) is 0 Å². The molecule has 0 aromatic carbocycles. The highest BCUT2D eigenvalue weighted by atomic mass is 16.4. The van der Waals surface area contributed by atoms with Gasteiger partial charge in [0.1, 0.15) is 5.69 Å². The largest absolute Gasteiger partial charge is 0.481 e. The Labute approximate surface area is 107 Å². The number of aromatic amines is 2. The lowest BCUT2D eigenvalue weighted by atomic mass is 9.87. The van der Waals surface area contributed by atoms with E-state index in [-0.39, 0.29) is 11.6 Å². The smallest absolute Gasteiger partial charge is 0.326 e. The van der Waals surface area contributed by atoms with Gasteiger partial charge in [0, 0.05) is 25.1 Å². The van der Waals surface area contributed by atoms with Crippen LogP contribution in [0, 0.1) is 11.8 Å². The maximum atomic E-state index is 11.9. The summed E-state index contributed by atoms with van der Waals surface area (Å²) < 4.78 is 0. The Hall–Kier alpha value is -2.38. The van der Waals surface area contributed by atoms with Crippen molar-refractivity contribution in [2.75, 3.05) is 13.1 Å². The van der Waals surface area contributed by atoms with E-state index in [1.54, 1.807) is 6.92 Å². The Balaban J connectivity index is 2.06. The number of nitrogens with one attached hydrogen (secondary N) is 2. The first-order valence-electron chi connectivity index (χ1n) is 5.74. The summed E-state index contributed by atoms with van der Waals surface area (Å²) in [7, 11) is 0. The van der Waals surface area contributed by atoms with Gasteiger partial charge in [0.25, 0.3) is 11.5 Å². The number of hydrogen-bond acceptors (Lipinski definition) is 4. The molecule has 1 aliphatic heterocycles. The average molecular weight is 267 g/mol. The number of amides is 1. The van der Waals surface area contributed by atoms with E-state index in [4.69, 9.17) is 5.11 Å². The predicted molar refractivity (Wildman–Crippen MR) is 63.9 cm³/mol. The van der Waals surface area contributed by atoms with Crippen molar-refractivity contribution in [3.8, 4) is 0 Å². The Kier molecular flexibility index (Phi) is 3.24. The minimum Gasteiger partial charge on any atom is -0.481 e. The molecule has 1 aliphatic rings. The van der Waals surface area contributed by atoms with E-state index in [9.17, 15) is 19.2 Å². The van der Waals surface area contributed by atoms with E-state index in [1.165, 1.54) is 4.90 Å². The van der Waals surface area contributed by atoms with Gasteiger partial charge in [-0.3, -0.25) is 19.4 Å². The molecular weight excluding hydrogens is 254 g/mol. The van der Waals surface area contributed by atoms with Gasteiger partial charge in [-0.2, -0.15) is 0 Å². The SMILES string of the molecule is CC(C(=O)O)C1CN(C(=O)c2cc(=O)[nH]c(=O)[nH]2)C1. The van der Waals surface area contributed by atoms with Crippen LogP contribution in [-0.4, -0.2) is 44.9 Å². The van der Waals surface area contributed by atoms with Crippen LogP contribution in [0.4, 0.5) is 0 Å². The van der Waals surface area contributed by atoms with Gasteiger partial charge in [0.05, 0.1) is 5.92 Å². The van der Waals surface area contributed by atoms with E-state index in [0.717, 1.165) is 6.07 Å². The zero-order valence-electron chi connectivity index (χ0n) is 10.2. The van der Waals surface area contributed by atoms with E-state index < -0.39 is 29.0 Å². The molecule has 1 atom stereocenters. The molecule has 19 heavy (non-hydrogen) atoms. The maximum Gasteiger partial charge on any atom is 0.326 e. The van der Waals surface area contributed by atoms with Crippen molar-refractivity contribution in [3.05, 3.63) is 32.6 Å². The first kappa shape index (κ1) is 13.1. The topological polar surface area (TPSA) is 123 Å². The second-order valence-corrected chi connectivity index (χ2v) is 4.60. The highest BCUT2D eigenvalue weighted by Gasteiger charge is 2.37. The molecule has 0 radical (unpaired) electrons. The summed E-state index contributed by atoms with van der Waals surface area (Å²) in [6, 6.07) is 1.01. The fourth-order valence-electron chi connectivity index (χ4n) is 1.95. The second-order valence-electron chi connectivity index (χ2n) is 4.60. The molecule has 0 bridgehead atoms. The minimum absolute atomic E-state index is 0.0878. The van der Waals surface area contributed by atoms with Crippen LogP contribution in [0.1, 0.15) is 17.4 Å². The van der Waals surface area contributed by atoms with Crippen LogP contribution >= 0.6 is 0 Å². The van der Waals surface area contributed by atoms with E-state index in [2.05, 4.69) is 4.98 Å². The van der Waals surface area contributed by atoms with Crippen LogP contribution in [-0.2, 0) is 4.79 Å². The van der Waals surface area contributed by atoms with Crippen molar-refractivity contribution >= 4 is 11.9 Å². The maximum absolute atomic E-state index is 11.9. The Morgan fingerprint density at radius 2 is 2.00 bits per heavy atom. The fraction of sp³-hybridized carbons (Fsp3) is 0.455. The molecule has 2 rings (SSSR count). The summed E-state index contributed by atoms with van der Waals surface area (Å²) in [5, 5.41) is 8.84. The van der Waals surface area contributed by atoms with Crippen LogP contribution in [0.5, 0.6) is 0 Å². The van der Waals surface area contributed by atoms with Gasteiger partial charge in [-0.25, -0.2) is 4.79 Å². The normalized spacial score (nSPS) is 16.8. The molecule has 1 fully saturated rings. The van der Waals surface area contributed by atoms with Crippen LogP contribution in [0.2, 0.25) is 0 Å². The summed E-state index contributed by atoms with van der Waals surface area (Å²) in [6.07, 6.45) is 0. The highest BCUT2D eigenvalue weighted by molar-refractivity contribution is 5.92. The number of aromatic nitrogens is 2. The monoisotopic (exact) mass is 267 g/mol. The molecule has 1 amide bonds. The second kappa shape index (κ2) is 4.71. The molecule has 2 heterocycles.